The average molecular weight is 427 g/mol. The third-order valence-corrected chi connectivity index (χ3v) is 5.49. The number of nitrogens with one attached hydrogen (secondary N) is 1. The Balaban J connectivity index is 1.90. The molecule has 0 fully saturated rings. The van der Waals surface area contributed by atoms with E-state index in [-0.39, 0.29) is 23.0 Å². The Kier molecular flexibility index (Phi) is 5.87. The Hall–Kier alpha value is -2.56. The fourth-order valence-corrected chi connectivity index (χ4v) is 3.92. The number of thioether (sulfide) groups is 1. The third kappa shape index (κ3) is 4.39. The van der Waals surface area contributed by atoms with Gasteiger partial charge in [-0.3, -0.25) is 14.5 Å². The number of hydrogen-bond donors (Lipinski definition) is 1. The van der Waals surface area contributed by atoms with Gasteiger partial charge in [0, 0.05) is 13.0 Å². The van der Waals surface area contributed by atoms with Crippen molar-refractivity contribution in [1.29, 1.82) is 0 Å². The van der Waals surface area contributed by atoms with Gasteiger partial charge in [0.2, 0.25) is 11.8 Å². The second kappa shape index (κ2) is 8.05. The number of carbonyl (C=O) groups excluding carboxylic acids is 2. The van der Waals surface area contributed by atoms with Crippen molar-refractivity contribution < 1.29 is 22.8 Å². The van der Waals surface area contributed by atoms with Crippen LogP contribution in [0, 0.1) is 0 Å². The van der Waals surface area contributed by atoms with Gasteiger partial charge in [0.25, 0.3) is 0 Å². The summed E-state index contributed by atoms with van der Waals surface area (Å²) >= 11 is 1.01. The fourth-order valence-electron chi connectivity index (χ4n) is 3.15. The summed E-state index contributed by atoms with van der Waals surface area (Å²) in [5.41, 5.74) is 0.190. The number of fused-ring (bicyclic) bond motifs is 1. The van der Waals surface area contributed by atoms with Crippen LogP contribution < -0.4 is 10.2 Å². The average Bonchev–Trinajstić information content (AvgIpc) is 2.92. The zero-order valence-electron chi connectivity index (χ0n) is 16.0. The van der Waals surface area contributed by atoms with Crippen molar-refractivity contribution in [3.8, 4) is 0 Å². The molecule has 2 aromatic rings. The number of nitrogens with zero attached hydrogens (tertiary/aromatic N) is 4. The van der Waals surface area contributed by atoms with Gasteiger partial charge in [0.15, 0.2) is 5.16 Å². The highest BCUT2D eigenvalue weighted by Gasteiger charge is 2.48. The zero-order valence-corrected chi connectivity index (χ0v) is 16.8. The summed E-state index contributed by atoms with van der Waals surface area (Å²) in [6.07, 6.45) is -5.62. The van der Waals surface area contributed by atoms with E-state index in [0.29, 0.717) is 15.9 Å². The lowest BCUT2D eigenvalue weighted by atomic mass is 10.1. The molecule has 1 aliphatic rings. The first kappa shape index (κ1) is 21.2. The summed E-state index contributed by atoms with van der Waals surface area (Å²) in [6, 6.07) is 3.72. The van der Waals surface area contributed by atoms with Gasteiger partial charge < -0.3 is 9.88 Å². The molecule has 156 valence electrons. The van der Waals surface area contributed by atoms with Gasteiger partial charge in [-0.15, -0.1) is 10.2 Å². The van der Waals surface area contributed by atoms with E-state index in [1.165, 1.54) is 18.2 Å². The molecule has 1 N–H and O–H groups in total. The van der Waals surface area contributed by atoms with Crippen LogP contribution in [-0.2, 0) is 16.6 Å². The molecule has 0 bridgehead atoms. The minimum atomic E-state index is -4.76. The van der Waals surface area contributed by atoms with Gasteiger partial charge in [0.1, 0.15) is 11.9 Å². The van der Waals surface area contributed by atoms with Crippen molar-refractivity contribution in [2.24, 2.45) is 7.05 Å². The maximum Gasteiger partial charge on any atom is 0.409 e. The lowest BCUT2D eigenvalue weighted by Crippen LogP contribution is -2.50. The van der Waals surface area contributed by atoms with Gasteiger partial charge in [-0.05, 0) is 12.1 Å². The number of benzene rings is 1. The van der Waals surface area contributed by atoms with Crippen LogP contribution >= 0.6 is 11.8 Å². The fraction of sp³-hybridized carbons (Fsp3) is 0.444. The lowest BCUT2D eigenvalue weighted by Gasteiger charge is -2.31. The number of hydrogen-bond acceptors (Lipinski definition) is 5. The predicted octanol–water partition coefficient (Wildman–Crippen LogP) is 3.34. The molecular weight excluding hydrogens is 407 g/mol. The van der Waals surface area contributed by atoms with E-state index in [9.17, 15) is 22.8 Å². The summed E-state index contributed by atoms with van der Waals surface area (Å²) < 4.78 is 42.8. The Morgan fingerprint density at radius 3 is 2.62 bits per heavy atom. The van der Waals surface area contributed by atoms with E-state index in [1.807, 2.05) is 13.8 Å². The molecule has 0 saturated heterocycles. The molecule has 0 spiro atoms. The Morgan fingerprint density at radius 2 is 2.00 bits per heavy atom. The molecule has 1 unspecified atom stereocenters. The van der Waals surface area contributed by atoms with Gasteiger partial charge in [0.05, 0.1) is 23.5 Å². The summed E-state index contributed by atoms with van der Waals surface area (Å²) in [5, 5.41) is 10.9. The number of carbonyl (C=O) groups is 2. The molecule has 0 saturated carbocycles. The van der Waals surface area contributed by atoms with Crippen molar-refractivity contribution >= 4 is 35.0 Å². The second-order valence-electron chi connectivity index (χ2n) is 6.93. The van der Waals surface area contributed by atoms with E-state index in [0.717, 1.165) is 11.8 Å². The first-order valence-electron chi connectivity index (χ1n) is 8.89. The smallest absolute Gasteiger partial charge is 0.324 e. The standard InChI is InChI=1S/C18H20F3N5O2S/c1-10(2)16-23-24-17(25(16)3)29-9-15(28)26-12-7-5-4-6-11(12)22-14(27)8-13(26)18(19,20)21/h4-7,10,13H,8-9H2,1-3H3,(H,22,27). The molecule has 1 aliphatic heterocycles. The van der Waals surface area contributed by atoms with Crippen LogP contribution in [0.4, 0.5) is 24.5 Å². The SMILES string of the molecule is CC(C)c1nnc(SCC(=O)N2c3ccccc3NC(=O)CC2C(F)(F)F)n1C. The van der Waals surface area contributed by atoms with Crippen molar-refractivity contribution in [3.05, 3.63) is 30.1 Å². The number of aromatic nitrogens is 3. The van der Waals surface area contributed by atoms with Gasteiger partial charge in [-0.25, -0.2) is 0 Å². The predicted molar refractivity (Wildman–Crippen MR) is 103 cm³/mol. The molecule has 29 heavy (non-hydrogen) atoms. The molecule has 1 atom stereocenters. The number of rotatable bonds is 4. The quantitative estimate of drug-likeness (QED) is 0.757. The molecule has 2 amide bonds. The summed E-state index contributed by atoms with van der Waals surface area (Å²) in [6.45, 7) is 3.88. The van der Waals surface area contributed by atoms with E-state index >= 15 is 0 Å². The Bertz CT molecular complexity index is 928. The zero-order chi connectivity index (χ0) is 21.3. The molecular formula is C18H20F3N5O2S. The monoisotopic (exact) mass is 427 g/mol. The number of halogens is 3. The maximum absolute atomic E-state index is 13.7. The molecule has 1 aromatic heterocycles. The Labute approximate surface area is 169 Å². The normalized spacial score (nSPS) is 17.1. The number of para-hydroxylation sites is 2. The third-order valence-electron chi connectivity index (χ3n) is 4.48. The highest BCUT2D eigenvalue weighted by atomic mass is 32.2. The summed E-state index contributed by atoms with van der Waals surface area (Å²) in [7, 11) is 1.74. The van der Waals surface area contributed by atoms with Crippen molar-refractivity contribution in [1.82, 2.24) is 14.8 Å². The number of anilines is 2. The highest BCUT2D eigenvalue weighted by Crippen LogP contribution is 2.38. The number of alkyl halides is 3. The van der Waals surface area contributed by atoms with Crippen LogP contribution in [0.3, 0.4) is 0 Å². The maximum atomic E-state index is 13.7. The second-order valence-corrected chi connectivity index (χ2v) is 7.88. The van der Waals surface area contributed by atoms with Gasteiger partial charge in [-0.2, -0.15) is 13.2 Å². The van der Waals surface area contributed by atoms with E-state index in [4.69, 9.17) is 0 Å². The summed E-state index contributed by atoms with van der Waals surface area (Å²) in [5.74, 6) is -1.02. The molecule has 3 rings (SSSR count). The van der Waals surface area contributed by atoms with Crippen LogP contribution in [0.5, 0.6) is 0 Å². The van der Waals surface area contributed by atoms with Gasteiger partial charge in [-0.1, -0.05) is 37.7 Å². The van der Waals surface area contributed by atoms with Crippen molar-refractivity contribution in [3.63, 3.8) is 0 Å². The largest absolute Gasteiger partial charge is 0.409 e. The van der Waals surface area contributed by atoms with Crippen molar-refractivity contribution in [2.75, 3.05) is 16.0 Å². The van der Waals surface area contributed by atoms with Crippen LogP contribution in [0.2, 0.25) is 0 Å². The molecule has 2 heterocycles. The van der Waals surface area contributed by atoms with Crippen molar-refractivity contribution in [2.45, 2.75) is 43.6 Å². The highest BCUT2D eigenvalue weighted by molar-refractivity contribution is 7.99. The van der Waals surface area contributed by atoms with Crippen LogP contribution in [-0.4, -0.2) is 44.5 Å². The van der Waals surface area contributed by atoms with E-state index in [2.05, 4.69) is 15.5 Å². The van der Waals surface area contributed by atoms with Crippen LogP contribution in [0.1, 0.15) is 32.0 Å². The minimum Gasteiger partial charge on any atom is -0.324 e. The molecule has 1 aromatic carbocycles. The lowest BCUT2D eigenvalue weighted by molar-refractivity contribution is -0.157. The van der Waals surface area contributed by atoms with Crippen LogP contribution in [0.15, 0.2) is 29.4 Å². The number of amides is 2. The van der Waals surface area contributed by atoms with Gasteiger partial charge >= 0.3 is 6.18 Å². The molecule has 11 heteroatoms. The molecule has 0 aliphatic carbocycles. The van der Waals surface area contributed by atoms with E-state index < -0.39 is 30.5 Å². The molecule has 0 radical (unpaired) electrons. The van der Waals surface area contributed by atoms with Crippen LogP contribution in [0.25, 0.3) is 0 Å². The first-order valence-corrected chi connectivity index (χ1v) is 9.88. The minimum absolute atomic E-state index is 0.0205. The first-order chi connectivity index (χ1) is 13.6. The molecule has 7 nitrogen and oxygen atoms in total. The topological polar surface area (TPSA) is 80.1 Å². The summed E-state index contributed by atoms with van der Waals surface area (Å²) in [4.78, 5) is 25.6. The van der Waals surface area contributed by atoms with E-state index in [1.54, 1.807) is 17.7 Å². The Morgan fingerprint density at radius 1 is 1.31 bits per heavy atom.